The number of nitrogens with zero attached hydrogens (tertiary/aromatic N) is 3. The van der Waals surface area contributed by atoms with Gasteiger partial charge in [0.25, 0.3) is 11.5 Å². The van der Waals surface area contributed by atoms with Gasteiger partial charge >= 0.3 is 0 Å². The molecule has 0 radical (unpaired) electrons. The van der Waals surface area contributed by atoms with Crippen LogP contribution in [0.3, 0.4) is 0 Å². The first-order chi connectivity index (χ1) is 16.7. The van der Waals surface area contributed by atoms with E-state index in [1.165, 1.54) is 0 Å². The molecule has 0 saturated heterocycles. The van der Waals surface area contributed by atoms with Crippen LogP contribution in [0.4, 0.5) is 0 Å². The lowest BCUT2D eigenvalue weighted by Crippen LogP contribution is -2.39. The van der Waals surface area contributed by atoms with Gasteiger partial charge in [0.05, 0.1) is 22.6 Å². The number of hydrogen-bond donors (Lipinski definition) is 0. The highest BCUT2D eigenvalue weighted by atomic mass is 79.9. The summed E-state index contributed by atoms with van der Waals surface area (Å²) in [6.07, 6.45) is 0. The summed E-state index contributed by atoms with van der Waals surface area (Å²) in [5, 5.41) is 1.07. The van der Waals surface area contributed by atoms with Gasteiger partial charge in [-0.25, -0.2) is 4.98 Å². The Bertz CT molecular complexity index is 1460. The number of amides is 1. The lowest BCUT2D eigenvalue weighted by Gasteiger charge is -2.32. The van der Waals surface area contributed by atoms with Crippen molar-refractivity contribution in [3.63, 3.8) is 0 Å². The molecule has 0 spiro atoms. The Morgan fingerprint density at radius 3 is 2.49 bits per heavy atom. The van der Waals surface area contributed by atoms with Crippen molar-refractivity contribution >= 4 is 44.3 Å². The maximum absolute atomic E-state index is 13.8. The van der Waals surface area contributed by atoms with Gasteiger partial charge in [-0.05, 0) is 67.8 Å². The van der Waals surface area contributed by atoms with E-state index in [0.717, 1.165) is 10.0 Å². The fourth-order valence-corrected chi connectivity index (χ4v) is 4.81. The van der Waals surface area contributed by atoms with Crippen LogP contribution < -0.4 is 5.56 Å². The third-order valence-electron chi connectivity index (χ3n) is 6.02. The van der Waals surface area contributed by atoms with Crippen molar-refractivity contribution in [1.82, 2.24) is 14.5 Å². The van der Waals surface area contributed by atoms with E-state index in [4.69, 9.17) is 16.6 Å². The van der Waals surface area contributed by atoms with E-state index in [1.54, 1.807) is 27.7 Å². The monoisotopic (exact) mass is 551 g/mol. The summed E-state index contributed by atoms with van der Waals surface area (Å²) >= 11 is 9.90. The number of benzene rings is 3. The Morgan fingerprint density at radius 2 is 1.77 bits per heavy atom. The Balaban J connectivity index is 1.96. The minimum absolute atomic E-state index is 0.121. The average Bonchev–Trinajstić information content (AvgIpc) is 2.83. The first-order valence-electron chi connectivity index (χ1n) is 11.5. The van der Waals surface area contributed by atoms with E-state index in [9.17, 15) is 9.59 Å². The highest BCUT2D eigenvalue weighted by molar-refractivity contribution is 9.10. The maximum atomic E-state index is 13.8. The van der Waals surface area contributed by atoms with Crippen LogP contribution in [-0.2, 0) is 0 Å². The second-order valence-corrected chi connectivity index (χ2v) is 10.4. The van der Waals surface area contributed by atoms with Crippen LogP contribution in [0.2, 0.25) is 5.02 Å². The fourth-order valence-electron chi connectivity index (χ4n) is 4.24. The first kappa shape index (κ1) is 25.1. The molecule has 0 aliphatic carbocycles. The highest BCUT2D eigenvalue weighted by Gasteiger charge is 2.28. The van der Waals surface area contributed by atoms with Crippen molar-refractivity contribution in [2.75, 3.05) is 6.54 Å². The highest BCUT2D eigenvalue weighted by Crippen LogP contribution is 2.29. The van der Waals surface area contributed by atoms with E-state index in [2.05, 4.69) is 29.8 Å². The Hall–Kier alpha value is -2.96. The number of rotatable bonds is 6. The second kappa shape index (κ2) is 10.3. The van der Waals surface area contributed by atoms with Crippen LogP contribution in [0.25, 0.3) is 16.6 Å². The van der Waals surface area contributed by atoms with Gasteiger partial charge in [0.1, 0.15) is 5.82 Å². The summed E-state index contributed by atoms with van der Waals surface area (Å²) in [6, 6.07) is 19.6. The fraction of sp³-hybridized carbons (Fsp3) is 0.250. The number of para-hydroxylation sites is 1. The lowest BCUT2D eigenvalue weighted by molar-refractivity contribution is 0.0655. The predicted molar refractivity (Wildman–Crippen MR) is 146 cm³/mol. The van der Waals surface area contributed by atoms with Crippen LogP contribution in [0.5, 0.6) is 0 Å². The summed E-state index contributed by atoms with van der Waals surface area (Å²) in [6.45, 7) is 8.44. The molecule has 0 bridgehead atoms. The summed E-state index contributed by atoms with van der Waals surface area (Å²) in [5.41, 5.74) is 2.40. The molecule has 1 amide bonds. The number of carbonyl (C=O) groups excluding carboxylic acids is 1. The van der Waals surface area contributed by atoms with Crippen molar-refractivity contribution in [2.24, 2.45) is 5.92 Å². The largest absolute Gasteiger partial charge is 0.328 e. The lowest BCUT2D eigenvalue weighted by atomic mass is 10.1. The summed E-state index contributed by atoms with van der Waals surface area (Å²) in [4.78, 5) is 34.3. The predicted octanol–water partition coefficient (Wildman–Crippen LogP) is 6.97. The van der Waals surface area contributed by atoms with Gasteiger partial charge in [0, 0.05) is 21.6 Å². The molecular weight excluding hydrogens is 526 g/mol. The van der Waals surface area contributed by atoms with Gasteiger partial charge in [0.15, 0.2) is 0 Å². The van der Waals surface area contributed by atoms with Crippen molar-refractivity contribution in [1.29, 1.82) is 0 Å². The topological polar surface area (TPSA) is 55.2 Å². The standard InChI is InChI=1S/C28H27BrClN3O2/c1-17(2)16-32(27(34)20-9-7-10-21(29)15-20)19(4)26-31-24-13-6-5-11-22(24)28(35)33(26)25-14-8-12-23(30)18(25)3/h5-15,17,19H,16H2,1-4H3. The second-order valence-electron chi connectivity index (χ2n) is 9.05. The molecular formula is C28H27BrClN3O2. The molecule has 0 aliphatic heterocycles. The quantitative estimate of drug-likeness (QED) is 0.260. The molecule has 1 unspecified atom stereocenters. The third-order valence-corrected chi connectivity index (χ3v) is 6.92. The minimum atomic E-state index is -0.487. The van der Waals surface area contributed by atoms with Gasteiger partial charge in [-0.1, -0.05) is 65.6 Å². The van der Waals surface area contributed by atoms with Crippen molar-refractivity contribution in [3.8, 4) is 5.69 Å². The molecule has 3 aromatic carbocycles. The normalized spacial score (nSPS) is 12.2. The number of halogens is 2. The molecule has 0 saturated carbocycles. The molecule has 0 fully saturated rings. The van der Waals surface area contributed by atoms with Gasteiger partial charge in [-0.15, -0.1) is 0 Å². The molecule has 35 heavy (non-hydrogen) atoms. The van der Waals surface area contributed by atoms with Crippen molar-refractivity contribution < 1.29 is 4.79 Å². The van der Waals surface area contributed by atoms with E-state index in [1.807, 2.05) is 62.4 Å². The van der Waals surface area contributed by atoms with Crippen LogP contribution in [0.1, 0.15) is 48.6 Å². The van der Waals surface area contributed by atoms with Crippen LogP contribution in [0, 0.1) is 12.8 Å². The van der Waals surface area contributed by atoms with E-state index >= 15 is 0 Å². The molecule has 4 aromatic rings. The zero-order valence-electron chi connectivity index (χ0n) is 20.1. The molecule has 0 aliphatic rings. The Kier molecular flexibility index (Phi) is 7.43. The smallest absolute Gasteiger partial charge is 0.266 e. The van der Waals surface area contributed by atoms with E-state index < -0.39 is 6.04 Å². The van der Waals surface area contributed by atoms with Crippen molar-refractivity contribution in [2.45, 2.75) is 33.7 Å². The molecule has 1 atom stereocenters. The van der Waals surface area contributed by atoms with E-state index in [-0.39, 0.29) is 17.4 Å². The number of carbonyl (C=O) groups is 1. The van der Waals surface area contributed by atoms with Gasteiger partial charge in [-0.3, -0.25) is 14.2 Å². The Morgan fingerprint density at radius 1 is 1.06 bits per heavy atom. The SMILES string of the molecule is Cc1c(Cl)cccc1-n1c(C(C)N(CC(C)C)C(=O)c2cccc(Br)c2)nc2ccccc2c1=O. The maximum Gasteiger partial charge on any atom is 0.266 e. The molecule has 7 heteroatoms. The van der Waals surface area contributed by atoms with Crippen molar-refractivity contribution in [3.05, 3.63) is 104 Å². The van der Waals surface area contributed by atoms with Gasteiger partial charge < -0.3 is 4.90 Å². The molecule has 5 nitrogen and oxygen atoms in total. The number of hydrogen-bond acceptors (Lipinski definition) is 3. The number of fused-ring (bicyclic) bond motifs is 1. The minimum Gasteiger partial charge on any atom is -0.328 e. The molecule has 180 valence electrons. The molecule has 4 rings (SSSR count). The average molecular weight is 553 g/mol. The van der Waals surface area contributed by atoms with E-state index in [0.29, 0.717) is 39.5 Å². The number of aromatic nitrogens is 2. The van der Waals surface area contributed by atoms with Crippen LogP contribution in [0.15, 0.2) is 76.0 Å². The molecule has 0 N–H and O–H groups in total. The molecule has 1 aromatic heterocycles. The van der Waals surface area contributed by atoms with Crippen LogP contribution >= 0.6 is 27.5 Å². The van der Waals surface area contributed by atoms with Crippen LogP contribution in [-0.4, -0.2) is 26.9 Å². The zero-order chi connectivity index (χ0) is 25.3. The van der Waals surface area contributed by atoms with Gasteiger partial charge in [0.2, 0.25) is 0 Å². The van der Waals surface area contributed by atoms with Gasteiger partial charge in [-0.2, -0.15) is 0 Å². The molecule has 1 heterocycles. The first-order valence-corrected chi connectivity index (χ1v) is 12.7. The Labute approximate surface area is 218 Å². The summed E-state index contributed by atoms with van der Waals surface area (Å²) in [5.74, 6) is 0.578. The summed E-state index contributed by atoms with van der Waals surface area (Å²) in [7, 11) is 0. The third kappa shape index (κ3) is 5.04. The zero-order valence-corrected chi connectivity index (χ0v) is 22.5. The summed E-state index contributed by atoms with van der Waals surface area (Å²) < 4.78 is 2.44.